The highest BCUT2D eigenvalue weighted by molar-refractivity contribution is 6.03. The van der Waals surface area contributed by atoms with E-state index >= 15 is 0 Å². The van der Waals surface area contributed by atoms with Crippen molar-refractivity contribution in [2.24, 2.45) is 0 Å². The standard InChI is InChI=1S/C18H16F5N5O/c1-10-15(25-16(29)14-6-7-24-28(14)17(19)20)11(2)27(26-10)9-12-4-3-5-13(8-12)18(21,22)23/h3-8,17H,9H2,1-2H3,(H,25,29). The molecule has 1 amide bonds. The van der Waals surface area contributed by atoms with Gasteiger partial charge in [-0.15, -0.1) is 0 Å². The van der Waals surface area contributed by atoms with E-state index in [9.17, 15) is 26.7 Å². The van der Waals surface area contributed by atoms with Gasteiger partial charge in [0.25, 0.3) is 5.91 Å². The summed E-state index contributed by atoms with van der Waals surface area (Å²) in [4.78, 5) is 12.4. The van der Waals surface area contributed by atoms with Gasteiger partial charge in [0.1, 0.15) is 5.69 Å². The number of benzene rings is 1. The Hall–Kier alpha value is -3.24. The molecule has 0 aliphatic carbocycles. The Kier molecular flexibility index (Phi) is 5.40. The summed E-state index contributed by atoms with van der Waals surface area (Å²) >= 11 is 0. The molecule has 0 fully saturated rings. The average molecular weight is 413 g/mol. The maximum absolute atomic E-state index is 12.9. The first kappa shape index (κ1) is 20.5. The third kappa shape index (κ3) is 4.28. The molecule has 11 heteroatoms. The van der Waals surface area contributed by atoms with E-state index in [4.69, 9.17) is 0 Å². The zero-order valence-corrected chi connectivity index (χ0v) is 15.3. The largest absolute Gasteiger partial charge is 0.416 e. The summed E-state index contributed by atoms with van der Waals surface area (Å²) < 4.78 is 66.2. The monoisotopic (exact) mass is 413 g/mol. The quantitative estimate of drug-likeness (QED) is 0.631. The first-order valence-corrected chi connectivity index (χ1v) is 8.41. The van der Waals surface area contributed by atoms with Crippen LogP contribution < -0.4 is 5.32 Å². The van der Waals surface area contributed by atoms with Gasteiger partial charge in [0.05, 0.1) is 29.2 Å². The number of rotatable bonds is 5. The number of aromatic nitrogens is 4. The summed E-state index contributed by atoms with van der Waals surface area (Å²) in [6, 6.07) is 5.99. The van der Waals surface area contributed by atoms with E-state index in [0.29, 0.717) is 22.6 Å². The topological polar surface area (TPSA) is 64.7 Å². The Balaban J connectivity index is 1.84. The highest BCUT2D eigenvalue weighted by Crippen LogP contribution is 2.30. The van der Waals surface area contributed by atoms with Crippen molar-refractivity contribution in [2.75, 3.05) is 5.32 Å². The molecule has 3 aromatic rings. The Morgan fingerprint density at radius 2 is 1.93 bits per heavy atom. The van der Waals surface area contributed by atoms with Gasteiger partial charge in [-0.1, -0.05) is 12.1 Å². The van der Waals surface area contributed by atoms with Crippen molar-refractivity contribution < 1.29 is 26.7 Å². The van der Waals surface area contributed by atoms with Gasteiger partial charge in [0.15, 0.2) is 0 Å². The molecule has 0 spiro atoms. The van der Waals surface area contributed by atoms with Gasteiger partial charge in [0, 0.05) is 6.20 Å². The van der Waals surface area contributed by atoms with E-state index < -0.39 is 24.2 Å². The maximum Gasteiger partial charge on any atom is 0.416 e. The molecular formula is C18H16F5N5O. The number of alkyl halides is 5. The number of nitrogens with zero attached hydrogens (tertiary/aromatic N) is 4. The maximum atomic E-state index is 12.9. The second-order valence-corrected chi connectivity index (χ2v) is 6.29. The van der Waals surface area contributed by atoms with Crippen molar-refractivity contribution >= 4 is 11.6 Å². The second kappa shape index (κ2) is 7.64. The molecule has 0 aliphatic rings. The zero-order chi connectivity index (χ0) is 21.3. The number of anilines is 1. The molecule has 2 aromatic heterocycles. The molecule has 1 aromatic carbocycles. The van der Waals surface area contributed by atoms with Crippen molar-refractivity contribution in [3.8, 4) is 0 Å². The van der Waals surface area contributed by atoms with Gasteiger partial charge in [0.2, 0.25) is 0 Å². The fourth-order valence-electron chi connectivity index (χ4n) is 2.88. The van der Waals surface area contributed by atoms with Gasteiger partial charge in [-0.2, -0.15) is 36.8 Å². The molecule has 29 heavy (non-hydrogen) atoms. The molecule has 0 atom stereocenters. The fourth-order valence-corrected chi connectivity index (χ4v) is 2.88. The Bertz CT molecular complexity index is 1040. The van der Waals surface area contributed by atoms with Crippen LogP contribution in [0.25, 0.3) is 0 Å². The molecule has 1 N–H and O–H groups in total. The van der Waals surface area contributed by atoms with Crippen molar-refractivity contribution in [1.82, 2.24) is 19.6 Å². The van der Waals surface area contributed by atoms with Gasteiger partial charge in [-0.3, -0.25) is 9.48 Å². The molecule has 0 saturated carbocycles. The first-order chi connectivity index (χ1) is 13.6. The molecular weight excluding hydrogens is 397 g/mol. The molecule has 0 radical (unpaired) electrons. The number of aryl methyl sites for hydroxylation is 1. The number of nitrogens with one attached hydrogen (secondary N) is 1. The number of carbonyl (C=O) groups is 1. The Morgan fingerprint density at radius 1 is 1.21 bits per heavy atom. The lowest BCUT2D eigenvalue weighted by Crippen LogP contribution is -2.19. The van der Waals surface area contributed by atoms with Crippen LogP contribution in [-0.4, -0.2) is 25.5 Å². The van der Waals surface area contributed by atoms with E-state index in [1.807, 2.05) is 0 Å². The number of hydrogen-bond acceptors (Lipinski definition) is 3. The lowest BCUT2D eigenvalue weighted by Gasteiger charge is -2.10. The van der Waals surface area contributed by atoms with Crippen LogP contribution in [0, 0.1) is 13.8 Å². The molecule has 2 heterocycles. The number of carbonyl (C=O) groups excluding carboxylic acids is 1. The number of amides is 1. The smallest absolute Gasteiger partial charge is 0.317 e. The Morgan fingerprint density at radius 3 is 2.59 bits per heavy atom. The van der Waals surface area contributed by atoms with E-state index in [1.54, 1.807) is 13.8 Å². The summed E-state index contributed by atoms with van der Waals surface area (Å²) in [5, 5.41) is 10.2. The number of halogens is 5. The van der Waals surface area contributed by atoms with Crippen molar-refractivity contribution in [2.45, 2.75) is 33.1 Å². The number of hydrogen-bond donors (Lipinski definition) is 1. The van der Waals surface area contributed by atoms with Gasteiger partial charge >= 0.3 is 12.7 Å². The van der Waals surface area contributed by atoms with Gasteiger partial charge < -0.3 is 5.32 Å². The van der Waals surface area contributed by atoms with Crippen LogP contribution in [0.5, 0.6) is 0 Å². The third-order valence-electron chi connectivity index (χ3n) is 4.29. The minimum absolute atomic E-state index is 0.0431. The second-order valence-electron chi connectivity index (χ2n) is 6.29. The van der Waals surface area contributed by atoms with Crippen LogP contribution >= 0.6 is 0 Å². The highest BCUT2D eigenvalue weighted by Gasteiger charge is 2.30. The minimum atomic E-state index is -4.46. The SMILES string of the molecule is Cc1nn(Cc2cccc(C(F)(F)F)c2)c(C)c1NC(=O)c1ccnn1C(F)F. The molecule has 3 rings (SSSR count). The fraction of sp³-hybridized carbons (Fsp3) is 0.278. The van der Waals surface area contributed by atoms with Crippen LogP contribution in [0.3, 0.4) is 0 Å². The summed E-state index contributed by atoms with van der Waals surface area (Å²) in [5.41, 5.74) is 0.431. The molecule has 154 valence electrons. The predicted molar refractivity (Wildman–Crippen MR) is 93.7 cm³/mol. The van der Waals surface area contributed by atoms with E-state index in [2.05, 4.69) is 15.5 Å². The van der Waals surface area contributed by atoms with Crippen LogP contribution in [0.4, 0.5) is 27.6 Å². The lowest BCUT2D eigenvalue weighted by atomic mass is 10.1. The third-order valence-corrected chi connectivity index (χ3v) is 4.29. The highest BCUT2D eigenvalue weighted by atomic mass is 19.4. The summed E-state index contributed by atoms with van der Waals surface area (Å²) in [5.74, 6) is -0.799. The molecule has 0 aliphatic heterocycles. The van der Waals surface area contributed by atoms with Gasteiger partial charge in [-0.25, -0.2) is 0 Å². The lowest BCUT2D eigenvalue weighted by molar-refractivity contribution is -0.137. The minimum Gasteiger partial charge on any atom is -0.317 e. The Labute approximate surface area is 161 Å². The summed E-state index contributed by atoms with van der Waals surface area (Å²) in [6.07, 6.45) is -3.38. The van der Waals surface area contributed by atoms with Crippen LogP contribution in [0.15, 0.2) is 36.5 Å². The van der Waals surface area contributed by atoms with Crippen molar-refractivity contribution in [3.63, 3.8) is 0 Å². The van der Waals surface area contributed by atoms with Gasteiger partial charge in [-0.05, 0) is 37.6 Å². The summed E-state index contributed by atoms with van der Waals surface area (Å²) in [7, 11) is 0. The van der Waals surface area contributed by atoms with E-state index in [1.165, 1.54) is 16.8 Å². The molecule has 6 nitrogen and oxygen atoms in total. The zero-order valence-electron chi connectivity index (χ0n) is 15.3. The van der Waals surface area contributed by atoms with E-state index in [0.717, 1.165) is 24.4 Å². The van der Waals surface area contributed by atoms with Crippen LogP contribution in [-0.2, 0) is 12.7 Å². The van der Waals surface area contributed by atoms with E-state index in [-0.39, 0.29) is 16.9 Å². The van der Waals surface area contributed by atoms with Crippen molar-refractivity contribution in [3.05, 3.63) is 64.7 Å². The van der Waals surface area contributed by atoms with Crippen molar-refractivity contribution in [1.29, 1.82) is 0 Å². The molecule has 0 unspecified atom stereocenters. The normalized spacial score (nSPS) is 11.9. The summed E-state index contributed by atoms with van der Waals surface area (Å²) in [6.45, 7) is 0.279. The first-order valence-electron chi connectivity index (χ1n) is 8.41. The van der Waals surface area contributed by atoms with Crippen LogP contribution in [0.2, 0.25) is 0 Å². The average Bonchev–Trinajstić information content (AvgIpc) is 3.23. The predicted octanol–water partition coefficient (Wildman–Crippen LogP) is 4.41. The molecule has 0 bridgehead atoms. The van der Waals surface area contributed by atoms with Crippen LogP contribution in [0.1, 0.15) is 39.6 Å². The molecule has 0 saturated heterocycles.